The van der Waals surface area contributed by atoms with E-state index in [1.54, 1.807) is 0 Å². The number of carboxylic acid groups (broad SMARTS) is 1. The molecule has 118 valence electrons. The SMILES string of the molecule is CCCCCC(C)CCN(C(=O)[O-])C(C)c1ccccc1. The van der Waals surface area contributed by atoms with Gasteiger partial charge in [0.25, 0.3) is 0 Å². The molecule has 0 N–H and O–H groups in total. The van der Waals surface area contributed by atoms with Crippen LogP contribution in [0, 0.1) is 5.92 Å². The topological polar surface area (TPSA) is 43.4 Å². The molecular formula is C18H28NO2-. The molecule has 0 saturated heterocycles. The number of hydrogen-bond acceptors (Lipinski definition) is 2. The smallest absolute Gasteiger partial charge is 0.137 e. The molecule has 0 aromatic heterocycles. The molecule has 2 atom stereocenters. The highest BCUT2D eigenvalue weighted by molar-refractivity contribution is 5.63. The lowest BCUT2D eigenvalue weighted by atomic mass is 9.99. The average molecular weight is 290 g/mol. The fraction of sp³-hybridized carbons (Fsp3) is 0.611. The minimum Gasteiger partial charge on any atom is -0.530 e. The van der Waals surface area contributed by atoms with Crippen molar-refractivity contribution in [2.75, 3.05) is 6.54 Å². The maximum atomic E-state index is 11.4. The van der Waals surface area contributed by atoms with E-state index < -0.39 is 6.09 Å². The van der Waals surface area contributed by atoms with Gasteiger partial charge < -0.3 is 14.8 Å². The first-order chi connectivity index (χ1) is 10.1. The van der Waals surface area contributed by atoms with Crippen molar-refractivity contribution in [1.82, 2.24) is 4.90 Å². The number of unbranched alkanes of at least 4 members (excludes halogenated alkanes) is 2. The molecule has 0 aliphatic rings. The molecule has 0 radical (unpaired) electrons. The average Bonchev–Trinajstić information content (AvgIpc) is 2.48. The van der Waals surface area contributed by atoms with Crippen molar-refractivity contribution < 1.29 is 9.90 Å². The molecule has 0 heterocycles. The van der Waals surface area contributed by atoms with E-state index >= 15 is 0 Å². The van der Waals surface area contributed by atoms with Crippen LogP contribution in [0.4, 0.5) is 4.79 Å². The summed E-state index contributed by atoms with van der Waals surface area (Å²) in [6.07, 6.45) is 4.71. The summed E-state index contributed by atoms with van der Waals surface area (Å²) in [7, 11) is 0. The molecule has 1 rings (SSSR count). The lowest BCUT2D eigenvalue weighted by Crippen LogP contribution is -2.43. The number of carbonyl (C=O) groups excluding carboxylic acids is 1. The first-order valence-corrected chi connectivity index (χ1v) is 8.08. The summed E-state index contributed by atoms with van der Waals surface area (Å²) in [5, 5.41) is 11.4. The molecule has 1 amide bonds. The van der Waals surface area contributed by atoms with E-state index in [1.165, 1.54) is 30.6 Å². The van der Waals surface area contributed by atoms with Crippen molar-refractivity contribution in [3.05, 3.63) is 35.9 Å². The monoisotopic (exact) mass is 290 g/mol. The summed E-state index contributed by atoms with van der Waals surface area (Å²) >= 11 is 0. The maximum absolute atomic E-state index is 11.4. The van der Waals surface area contributed by atoms with Crippen molar-refractivity contribution in [2.45, 2.75) is 58.9 Å². The Morgan fingerprint density at radius 2 is 1.81 bits per heavy atom. The van der Waals surface area contributed by atoms with Crippen LogP contribution in [0.3, 0.4) is 0 Å². The third-order valence-electron chi connectivity index (χ3n) is 4.15. The summed E-state index contributed by atoms with van der Waals surface area (Å²) < 4.78 is 0. The lowest BCUT2D eigenvalue weighted by Gasteiger charge is -2.32. The molecular weight excluding hydrogens is 262 g/mol. The predicted octanol–water partition coefficient (Wildman–Crippen LogP) is 4.00. The van der Waals surface area contributed by atoms with Gasteiger partial charge in [-0.3, -0.25) is 0 Å². The van der Waals surface area contributed by atoms with E-state index in [4.69, 9.17) is 0 Å². The Morgan fingerprint density at radius 3 is 2.38 bits per heavy atom. The molecule has 0 aliphatic heterocycles. The Balaban J connectivity index is 2.52. The Labute approximate surface area is 129 Å². The molecule has 1 aromatic carbocycles. The molecule has 2 unspecified atom stereocenters. The first-order valence-electron chi connectivity index (χ1n) is 8.08. The zero-order valence-electron chi connectivity index (χ0n) is 13.5. The van der Waals surface area contributed by atoms with Crippen LogP contribution in [0.2, 0.25) is 0 Å². The quantitative estimate of drug-likeness (QED) is 0.645. The summed E-state index contributed by atoms with van der Waals surface area (Å²) in [6.45, 7) is 6.87. The Bertz CT molecular complexity index is 405. The summed E-state index contributed by atoms with van der Waals surface area (Å²) in [5.41, 5.74) is 1.01. The van der Waals surface area contributed by atoms with Gasteiger partial charge in [0.1, 0.15) is 6.09 Å². The molecule has 1 aromatic rings. The Hall–Kier alpha value is -1.51. The van der Waals surface area contributed by atoms with Gasteiger partial charge in [0.05, 0.1) is 6.04 Å². The summed E-state index contributed by atoms with van der Waals surface area (Å²) in [4.78, 5) is 12.9. The second-order valence-electron chi connectivity index (χ2n) is 5.94. The second kappa shape index (κ2) is 9.43. The minimum absolute atomic E-state index is 0.154. The molecule has 3 nitrogen and oxygen atoms in total. The number of nitrogens with zero attached hydrogens (tertiary/aromatic N) is 1. The van der Waals surface area contributed by atoms with E-state index in [2.05, 4.69) is 13.8 Å². The van der Waals surface area contributed by atoms with Crippen LogP contribution in [0.25, 0.3) is 0 Å². The van der Waals surface area contributed by atoms with Gasteiger partial charge in [-0.15, -0.1) is 0 Å². The van der Waals surface area contributed by atoms with Crippen LogP contribution in [0.15, 0.2) is 30.3 Å². The zero-order chi connectivity index (χ0) is 15.7. The van der Waals surface area contributed by atoms with Gasteiger partial charge in [0.2, 0.25) is 0 Å². The van der Waals surface area contributed by atoms with E-state index in [-0.39, 0.29) is 6.04 Å². The third kappa shape index (κ3) is 6.19. The largest absolute Gasteiger partial charge is 0.530 e. The highest BCUT2D eigenvalue weighted by atomic mass is 16.4. The molecule has 0 aliphatic carbocycles. The highest BCUT2D eigenvalue weighted by Crippen LogP contribution is 2.21. The van der Waals surface area contributed by atoms with Crippen LogP contribution in [0.1, 0.15) is 64.5 Å². The summed E-state index contributed by atoms with van der Waals surface area (Å²) in [5.74, 6) is 0.557. The van der Waals surface area contributed by atoms with Crippen molar-refractivity contribution in [1.29, 1.82) is 0 Å². The Kier molecular flexibility index (Phi) is 7.88. The van der Waals surface area contributed by atoms with Crippen LogP contribution in [-0.4, -0.2) is 17.5 Å². The van der Waals surface area contributed by atoms with Crippen molar-refractivity contribution in [3.63, 3.8) is 0 Å². The second-order valence-corrected chi connectivity index (χ2v) is 5.94. The lowest BCUT2D eigenvalue weighted by molar-refractivity contribution is -0.268. The first kappa shape index (κ1) is 17.5. The normalized spacial score (nSPS) is 13.7. The fourth-order valence-corrected chi connectivity index (χ4v) is 2.60. The zero-order valence-corrected chi connectivity index (χ0v) is 13.5. The van der Waals surface area contributed by atoms with Crippen LogP contribution < -0.4 is 5.11 Å². The summed E-state index contributed by atoms with van der Waals surface area (Å²) in [6, 6.07) is 9.59. The van der Waals surface area contributed by atoms with Gasteiger partial charge in [0.15, 0.2) is 0 Å². The van der Waals surface area contributed by atoms with Crippen molar-refractivity contribution in [3.8, 4) is 0 Å². The molecule has 0 bridgehead atoms. The van der Waals surface area contributed by atoms with E-state index in [0.29, 0.717) is 12.5 Å². The van der Waals surface area contributed by atoms with Crippen LogP contribution in [-0.2, 0) is 0 Å². The van der Waals surface area contributed by atoms with Gasteiger partial charge in [-0.05, 0) is 24.8 Å². The minimum atomic E-state index is -1.08. The van der Waals surface area contributed by atoms with Gasteiger partial charge in [0, 0.05) is 6.54 Å². The molecule has 0 saturated carbocycles. The number of hydrogen-bond donors (Lipinski definition) is 0. The fourth-order valence-electron chi connectivity index (χ4n) is 2.60. The van der Waals surface area contributed by atoms with E-state index in [9.17, 15) is 9.90 Å². The maximum Gasteiger partial charge on any atom is 0.137 e. The highest BCUT2D eigenvalue weighted by Gasteiger charge is 2.16. The number of rotatable bonds is 9. The molecule has 3 heteroatoms. The number of carbonyl (C=O) groups is 1. The Morgan fingerprint density at radius 1 is 1.14 bits per heavy atom. The molecule has 21 heavy (non-hydrogen) atoms. The van der Waals surface area contributed by atoms with E-state index in [1.807, 2.05) is 37.3 Å². The van der Waals surface area contributed by atoms with Gasteiger partial charge >= 0.3 is 0 Å². The van der Waals surface area contributed by atoms with Gasteiger partial charge in [-0.2, -0.15) is 0 Å². The van der Waals surface area contributed by atoms with Gasteiger partial charge in [-0.25, -0.2) is 0 Å². The van der Waals surface area contributed by atoms with Crippen molar-refractivity contribution >= 4 is 6.09 Å². The standard InChI is InChI=1S/C18H29NO2/c1-4-5-7-10-15(2)13-14-19(18(20)21)16(3)17-11-8-6-9-12-17/h6,8-9,11-12,15-16H,4-5,7,10,13-14H2,1-3H3,(H,20,21)/p-1. The molecule has 0 spiro atoms. The van der Waals surface area contributed by atoms with Gasteiger partial charge in [-0.1, -0.05) is 69.9 Å². The molecule has 0 fully saturated rings. The van der Waals surface area contributed by atoms with Crippen molar-refractivity contribution in [2.24, 2.45) is 5.92 Å². The number of benzene rings is 1. The third-order valence-corrected chi connectivity index (χ3v) is 4.15. The number of amides is 1. The van der Waals surface area contributed by atoms with E-state index in [0.717, 1.165) is 12.0 Å². The predicted molar refractivity (Wildman–Crippen MR) is 84.9 cm³/mol. The van der Waals surface area contributed by atoms with Crippen LogP contribution >= 0.6 is 0 Å². The van der Waals surface area contributed by atoms with Crippen LogP contribution in [0.5, 0.6) is 0 Å².